The summed E-state index contributed by atoms with van der Waals surface area (Å²) in [6.07, 6.45) is 7.19. The summed E-state index contributed by atoms with van der Waals surface area (Å²) in [5.74, 6) is 0. The highest BCUT2D eigenvalue weighted by atomic mass is 13.7. The molecular formula is C18H44. The minimum atomic E-state index is 0. The second-order valence-electron chi connectivity index (χ2n) is 3.34. The predicted octanol–water partition coefficient (Wildman–Crippen LogP) is 8.07. The van der Waals surface area contributed by atoms with Gasteiger partial charge in [0, 0.05) is 0 Å². The minimum Gasteiger partial charge on any atom is -0.100 e. The summed E-state index contributed by atoms with van der Waals surface area (Å²) >= 11 is 0. The van der Waals surface area contributed by atoms with Crippen LogP contribution in [-0.2, 0) is 0 Å². The molecule has 0 aromatic rings. The second kappa shape index (κ2) is 44.2. The highest BCUT2D eigenvalue weighted by Crippen LogP contribution is 1.88. The van der Waals surface area contributed by atoms with Crippen molar-refractivity contribution in [1.82, 2.24) is 0 Å². The molecule has 0 radical (unpaired) electrons. The molecule has 0 rings (SSSR count). The van der Waals surface area contributed by atoms with Gasteiger partial charge in [-0.05, 0) is 48.0 Å². The standard InChI is InChI=1S/2C5H10.C4H8.4CH4/c2*1-4-5(2)3;1-3-4-2;;;;/h4H,1-3H3;2,4H2,1,3H3;3-4H,1-2H3;4*1H4. The normalized spacial score (nSPS) is 6.17. The Hall–Kier alpha value is -0.780. The van der Waals surface area contributed by atoms with Gasteiger partial charge in [0.1, 0.15) is 0 Å². The zero-order valence-corrected chi connectivity index (χ0v) is 11.1. The van der Waals surface area contributed by atoms with Crippen LogP contribution in [0.5, 0.6) is 0 Å². The van der Waals surface area contributed by atoms with E-state index >= 15 is 0 Å². The molecule has 116 valence electrons. The van der Waals surface area contributed by atoms with Crippen molar-refractivity contribution in [3.05, 3.63) is 36.0 Å². The van der Waals surface area contributed by atoms with Crippen molar-refractivity contribution in [2.45, 2.75) is 84.6 Å². The maximum atomic E-state index is 3.67. The number of allylic oxidation sites excluding steroid dienone is 5. The van der Waals surface area contributed by atoms with Gasteiger partial charge in [0.05, 0.1) is 0 Å². The van der Waals surface area contributed by atoms with Crippen molar-refractivity contribution in [3.8, 4) is 0 Å². The fourth-order valence-corrected chi connectivity index (χ4v) is 0. The van der Waals surface area contributed by atoms with Crippen LogP contribution >= 0.6 is 0 Å². The fraction of sp³-hybridized carbons (Fsp3) is 0.667. The van der Waals surface area contributed by atoms with Crippen LogP contribution in [-0.4, -0.2) is 0 Å². The third-order valence-electron chi connectivity index (χ3n) is 1.51. The Morgan fingerprint density at radius 2 is 1.00 bits per heavy atom. The molecule has 0 fully saturated rings. The molecule has 0 nitrogen and oxygen atoms in total. The molecule has 0 heteroatoms. The molecule has 0 spiro atoms. The van der Waals surface area contributed by atoms with Crippen molar-refractivity contribution in [2.24, 2.45) is 0 Å². The third kappa shape index (κ3) is 173. The van der Waals surface area contributed by atoms with Crippen LogP contribution < -0.4 is 0 Å². The van der Waals surface area contributed by atoms with E-state index in [4.69, 9.17) is 0 Å². The quantitative estimate of drug-likeness (QED) is 0.418. The monoisotopic (exact) mass is 260 g/mol. The van der Waals surface area contributed by atoms with E-state index < -0.39 is 0 Å². The summed E-state index contributed by atoms with van der Waals surface area (Å²) < 4.78 is 0. The van der Waals surface area contributed by atoms with E-state index in [1.54, 1.807) is 0 Å². The van der Waals surface area contributed by atoms with Gasteiger partial charge in [-0.25, -0.2) is 0 Å². The van der Waals surface area contributed by atoms with Crippen LogP contribution in [0.4, 0.5) is 0 Å². The lowest BCUT2D eigenvalue weighted by molar-refractivity contribution is 1.11. The Morgan fingerprint density at radius 1 is 0.833 bits per heavy atom. The Morgan fingerprint density at radius 3 is 1.00 bits per heavy atom. The van der Waals surface area contributed by atoms with Crippen LogP contribution in [0, 0.1) is 0 Å². The maximum Gasteiger partial charge on any atom is -0.0354 e. The summed E-state index contributed by atoms with van der Waals surface area (Å²) in [4.78, 5) is 0. The van der Waals surface area contributed by atoms with Crippen LogP contribution in [0.15, 0.2) is 36.0 Å². The molecule has 18 heavy (non-hydrogen) atoms. The molecule has 0 aliphatic rings. The molecule has 0 saturated heterocycles. The van der Waals surface area contributed by atoms with Gasteiger partial charge in [-0.1, -0.05) is 66.0 Å². The first-order valence-corrected chi connectivity index (χ1v) is 5.27. The van der Waals surface area contributed by atoms with E-state index in [1.807, 2.05) is 39.8 Å². The van der Waals surface area contributed by atoms with Gasteiger partial charge in [-0.2, -0.15) is 0 Å². The summed E-state index contributed by atoms with van der Waals surface area (Å²) in [6.45, 7) is 18.0. The summed E-state index contributed by atoms with van der Waals surface area (Å²) in [7, 11) is 0. The van der Waals surface area contributed by atoms with Gasteiger partial charge in [0.25, 0.3) is 0 Å². The molecule has 0 heterocycles. The molecule has 0 amide bonds. The first-order valence-electron chi connectivity index (χ1n) is 5.27. The van der Waals surface area contributed by atoms with Gasteiger partial charge in [0.2, 0.25) is 0 Å². The molecule has 0 aromatic carbocycles. The largest absolute Gasteiger partial charge is 0.100 e. The third-order valence-corrected chi connectivity index (χ3v) is 1.51. The molecule has 0 aromatic heterocycles. The van der Waals surface area contributed by atoms with Gasteiger partial charge in [0.15, 0.2) is 0 Å². The molecular weight excluding hydrogens is 216 g/mol. The van der Waals surface area contributed by atoms with Crippen LogP contribution in [0.2, 0.25) is 0 Å². The highest BCUT2D eigenvalue weighted by molar-refractivity contribution is 4.88. The zero-order valence-electron chi connectivity index (χ0n) is 11.1. The van der Waals surface area contributed by atoms with Gasteiger partial charge in [-0.15, -0.1) is 6.58 Å². The first kappa shape index (κ1) is 43.4. The van der Waals surface area contributed by atoms with Gasteiger partial charge < -0.3 is 0 Å². The van der Waals surface area contributed by atoms with Crippen molar-refractivity contribution < 1.29 is 0 Å². The van der Waals surface area contributed by atoms with Crippen molar-refractivity contribution in [1.29, 1.82) is 0 Å². The summed E-state index contributed by atoms with van der Waals surface area (Å²) in [6, 6.07) is 0. The molecule has 0 bridgehead atoms. The van der Waals surface area contributed by atoms with Gasteiger partial charge >= 0.3 is 0 Å². The average Bonchev–Trinajstić information content (AvgIpc) is 2.19. The van der Waals surface area contributed by atoms with E-state index in [2.05, 4.69) is 33.4 Å². The Kier molecular flexibility index (Phi) is 107. The minimum absolute atomic E-state index is 0. The summed E-state index contributed by atoms with van der Waals surface area (Å²) in [5.41, 5.74) is 2.63. The Balaban J connectivity index is -0.0000000183. The topological polar surface area (TPSA) is 0 Å². The molecule has 0 atom stereocenters. The number of hydrogen-bond donors (Lipinski definition) is 0. The number of hydrogen-bond acceptors (Lipinski definition) is 0. The van der Waals surface area contributed by atoms with E-state index in [0.717, 1.165) is 6.42 Å². The molecule has 0 unspecified atom stereocenters. The summed E-state index contributed by atoms with van der Waals surface area (Å²) in [5, 5.41) is 0. The second-order valence-corrected chi connectivity index (χ2v) is 3.34. The maximum absolute atomic E-state index is 3.67. The van der Waals surface area contributed by atoms with E-state index in [0.29, 0.717) is 0 Å². The van der Waals surface area contributed by atoms with Gasteiger partial charge in [-0.3, -0.25) is 0 Å². The van der Waals surface area contributed by atoms with Crippen LogP contribution in [0.1, 0.15) is 84.6 Å². The van der Waals surface area contributed by atoms with Crippen molar-refractivity contribution in [3.63, 3.8) is 0 Å². The van der Waals surface area contributed by atoms with E-state index in [9.17, 15) is 0 Å². The predicted molar refractivity (Wildman–Crippen MR) is 97.6 cm³/mol. The molecule has 0 N–H and O–H groups in total. The smallest absolute Gasteiger partial charge is 0.0354 e. The zero-order chi connectivity index (χ0) is 12.0. The SMILES string of the molecule is C.C.C.C.C=C(C)CC.CC=C(C)C.CC=CC. The fourth-order valence-electron chi connectivity index (χ4n) is 0. The van der Waals surface area contributed by atoms with Crippen molar-refractivity contribution in [2.75, 3.05) is 0 Å². The lowest BCUT2D eigenvalue weighted by Crippen LogP contribution is -1.58. The lowest BCUT2D eigenvalue weighted by Gasteiger charge is -1.79. The van der Waals surface area contributed by atoms with Crippen molar-refractivity contribution >= 4 is 0 Å². The number of rotatable bonds is 1. The molecule has 0 aliphatic carbocycles. The molecule has 0 aliphatic heterocycles. The van der Waals surface area contributed by atoms with E-state index in [1.165, 1.54) is 11.1 Å². The van der Waals surface area contributed by atoms with Crippen LogP contribution in [0.25, 0.3) is 0 Å². The Bertz CT molecular complexity index is 151. The first-order chi connectivity index (χ1) is 6.45. The average molecular weight is 261 g/mol. The van der Waals surface area contributed by atoms with E-state index in [-0.39, 0.29) is 29.7 Å². The lowest BCUT2D eigenvalue weighted by atomic mass is 10.3. The highest BCUT2D eigenvalue weighted by Gasteiger charge is 1.67. The molecule has 0 saturated carbocycles. The van der Waals surface area contributed by atoms with Crippen LogP contribution in [0.3, 0.4) is 0 Å². The Labute approximate surface area is 121 Å².